The number of fused-ring (bicyclic) bond motifs is 1. The van der Waals surface area contributed by atoms with Gasteiger partial charge in [0, 0.05) is 6.54 Å². The number of hydrogen-bond acceptors (Lipinski definition) is 5. The molecule has 0 bridgehead atoms. The number of aryl methyl sites for hydroxylation is 1. The van der Waals surface area contributed by atoms with E-state index in [1.54, 1.807) is 25.1 Å². The molecule has 0 atom stereocenters. The van der Waals surface area contributed by atoms with Gasteiger partial charge < -0.3 is 14.6 Å². The lowest BCUT2D eigenvalue weighted by molar-refractivity contribution is 0.0696. The second-order valence-corrected chi connectivity index (χ2v) is 7.06. The third kappa shape index (κ3) is 3.19. The van der Waals surface area contributed by atoms with Crippen molar-refractivity contribution in [2.75, 3.05) is 6.79 Å². The van der Waals surface area contributed by atoms with Crippen LogP contribution in [-0.2, 0) is 16.6 Å². The van der Waals surface area contributed by atoms with Gasteiger partial charge in [-0.3, -0.25) is 0 Å². The topological polar surface area (TPSA) is 102 Å². The number of nitrogens with one attached hydrogen (secondary N) is 1. The van der Waals surface area contributed by atoms with Gasteiger partial charge in [0.2, 0.25) is 16.8 Å². The minimum Gasteiger partial charge on any atom is -0.478 e. The highest BCUT2D eigenvalue weighted by Crippen LogP contribution is 2.32. The first-order chi connectivity index (χ1) is 11.4. The predicted molar refractivity (Wildman–Crippen MR) is 84.7 cm³/mol. The van der Waals surface area contributed by atoms with Gasteiger partial charge in [0.15, 0.2) is 11.5 Å². The van der Waals surface area contributed by atoms with Crippen LogP contribution in [0.25, 0.3) is 0 Å². The standard InChI is InChI=1S/C16H15NO6S/c1-10-2-4-12(7-13(10)16(18)19)24(20,21)17-8-11-3-5-14-15(6-11)23-9-22-14/h2-7,17H,8-9H2,1H3,(H,18,19). The maximum atomic E-state index is 12.4. The molecule has 2 N–H and O–H groups in total. The molecule has 1 aliphatic heterocycles. The second-order valence-electron chi connectivity index (χ2n) is 5.29. The van der Waals surface area contributed by atoms with E-state index >= 15 is 0 Å². The van der Waals surface area contributed by atoms with E-state index in [4.69, 9.17) is 14.6 Å². The number of carboxylic acids is 1. The zero-order valence-corrected chi connectivity index (χ0v) is 13.6. The zero-order chi connectivity index (χ0) is 17.3. The van der Waals surface area contributed by atoms with Crippen LogP contribution in [-0.4, -0.2) is 26.3 Å². The van der Waals surface area contributed by atoms with E-state index in [2.05, 4.69) is 4.72 Å². The number of ether oxygens (including phenoxy) is 2. The Balaban J connectivity index is 1.79. The van der Waals surface area contributed by atoms with Crippen LogP contribution in [0.2, 0.25) is 0 Å². The van der Waals surface area contributed by atoms with Crippen molar-refractivity contribution in [1.82, 2.24) is 4.72 Å². The summed E-state index contributed by atoms with van der Waals surface area (Å²) < 4.78 is 37.6. The fourth-order valence-corrected chi connectivity index (χ4v) is 3.35. The molecule has 0 saturated heterocycles. The Kier molecular flexibility index (Phi) is 4.16. The van der Waals surface area contributed by atoms with Gasteiger partial charge >= 0.3 is 5.97 Å². The van der Waals surface area contributed by atoms with Crippen LogP contribution < -0.4 is 14.2 Å². The lowest BCUT2D eigenvalue weighted by atomic mass is 10.1. The second kappa shape index (κ2) is 6.14. The Morgan fingerprint density at radius 1 is 1.17 bits per heavy atom. The van der Waals surface area contributed by atoms with Crippen molar-refractivity contribution >= 4 is 16.0 Å². The molecule has 2 aromatic rings. The minimum atomic E-state index is -3.83. The Labute approximate surface area is 138 Å². The predicted octanol–water partition coefficient (Wildman–Crippen LogP) is 1.90. The molecule has 24 heavy (non-hydrogen) atoms. The minimum absolute atomic E-state index is 0.0408. The molecular weight excluding hydrogens is 334 g/mol. The number of carboxylic acid groups (broad SMARTS) is 1. The Hall–Kier alpha value is -2.58. The number of rotatable bonds is 5. The molecule has 0 unspecified atom stereocenters. The van der Waals surface area contributed by atoms with Gasteiger partial charge in [0.1, 0.15) is 0 Å². The van der Waals surface area contributed by atoms with E-state index in [1.165, 1.54) is 12.1 Å². The molecule has 2 aromatic carbocycles. The summed E-state index contributed by atoms with van der Waals surface area (Å²) in [5.41, 5.74) is 1.16. The summed E-state index contributed by atoms with van der Waals surface area (Å²) in [5.74, 6) is 0.0155. The van der Waals surface area contributed by atoms with Gasteiger partial charge in [-0.2, -0.15) is 0 Å². The maximum Gasteiger partial charge on any atom is 0.335 e. The van der Waals surface area contributed by atoms with Crippen LogP contribution in [0, 0.1) is 6.92 Å². The fourth-order valence-electron chi connectivity index (χ4n) is 2.31. The van der Waals surface area contributed by atoms with E-state index < -0.39 is 16.0 Å². The van der Waals surface area contributed by atoms with Crippen molar-refractivity contribution in [2.45, 2.75) is 18.4 Å². The third-order valence-electron chi connectivity index (χ3n) is 3.65. The Bertz CT molecular complexity index is 907. The molecule has 0 fully saturated rings. The summed E-state index contributed by atoms with van der Waals surface area (Å²) in [6.45, 7) is 1.81. The van der Waals surface area contributed by atoms with Gasteiger partial charge in [-0.05, 0) is 42.3 Å². The molecule has 8 heteroatoms. The zero-order valence-electron chi connectivity index (χ0n) is 12.8. The van der Waals surface area contributed by atoms with Crippen molar-refractivity contribution in [3.8, 4) is 11.5 Å². The number of aromatic carboxylic acids is 1. The number of sulfonamides is 1. The summed E-state index contributed by atoms with van der Waals surface area (Å²) in [7, 11) is -3.83. The van der Waals surface area contributed by atoms with Crippen molar-refractivity contribution < 1.29 is 27.8 Å². The van der Waals surface area contributed by atoms with Crippen LogP contribution in [0.3, 0.4) is 0 Å². The molecule has 7 nitrogen and oxygen atoms in total. The van der Waals surface area contributed by atoms with Gasteiger partial charge in [-0.25, -0.2) is 17.9 Å². The highest BCUT2D eigenvalue weighted by atomic mass is 32.2. The highest BCUT2D eigenvalue weighted by Gasteiger charge is 2.18. The van der Waals surface area contributed by atoms with E-state index in [0.717, 1.165) is 6.07 Å². The van der Waals surface area contributed by atoms with Crippen molar-refractivity contribution in [1.29, 1.82) is 0 Å². The average Bonchev–Trinajstić information content (AvgIpc) is 3.00. The van der Waals surface area contributed by atoms with Crippen LogP contribution in [0.15, 0.2) is 41.3 Å². The largest absolute Gasteiger partial charge is 0.478 e. The van der Waals surface area contributed by atoms with Crippen LogP contribution in [0.4, 0.5) is 0 Å². The van der Waals surface area contributed by atoms with E-state index in [9.17, 15) is 13.2 Å². The van der Waals surface area contributed by atoms with Gasteiger partial charge in [0.25, 0.3) is 0 Å². The molecule has 1 heterocycles. The fraction of sp³-hybridized carbons (Fsp3) is 0.188. The SMILES string of the molecule is Cc1ccc(S(=O)(=O)NCc2ccc3c(c2)OCO3)cc1C(=O)O. The van der Waals surface area contributed by atoms with E-state index in [0.29, 0.717) is 22.6 Å². The van der Waals surface area contributed by atoms with E-state index in [1.807, 2.05) is 0 Å². The summed E-state index contributed by atoms with van der Waals surface area (Å²) in [6, 6.07) is 9.14. The molecule has 126 valence electrons. The van der Waals surface area contributed by atoms with Gasteiger partial charge in [0.05, 0.1) is 10.5 Å². The quantitative estimate of drug-likeness (QED) is 0.855. The molecule has 0 aliphatic carbocycles. The van der Waals surface area contributed by atoms with Crippen molar-refractivity contribution in [3.05, 3.63) is 53.1 Å². The van der Waals surface area contributed by atoms with Gasteiger partial charge in [-0.15, -0.1) is 0 Å². The number of benzene rings is 2. The molecule has 0 radical (unpaired) electrons. The van der Waals surface area contributed by atoms with Crippen LogP contribution >= 0.6 is 0 Å². The number of hydrogen-bond donors (Lipinski definition) is 2. The monoisotopic (exact) mass is 349 g/mol. The lowest BCUT2D eigenvalue weighted by Gasteiger charge is -2.09. The van der Waals surface area contributed by atoms with Crippen molar-refractivity contribution in [3.63, 3.8) is 0 Å². The van der Waals surface area contributed by atoms with E-state index in [-0.39, 0.29) is 23.8 Å². The third-order valence-corrected chi connectivity index (χ3v) is 5.05. The summed E-state index contributed by atoms with van der Waals surface area (Å²) in [4.78, 5) is 11.1. The van der Waals surface area contributed by atoms with Crippen molar-refractivity contribution in [2.24, 2.45) is 0 Å². The molecule has 0 amide bonds. The maximum absolute atomic E-state index is 12.4. The smallest absolute Gasteiger partial charge is 0.335 e. The Morgan fingerprint density at radius 3 is 2.67 bits per heavy atom. The lowest BCUT2D eigenvalue weighted by Crippen LogP contribution is -2.23. The summed E-state index contributed by atoms with van der Waals surface area (Å²) in [6.07, 6.45) is 0. The van der Waals surface area contributed by atoms with Crippen LogP contribution in [0.5, 0.6) is 11.5 Å². The van der Waals surface area contributed by atoms with Crippen LogP contribution in [0.1, 0.15) is 21.5 Å². The first kappa shape index (κ1) is 16.3. The molecule has 0 aromatic heterocycles. The summed E-state index contributed by atoms with van der Waals surface area (Å²) >= 11 is 0. The Morgan fingerprint density at radius 2 is 1.92 bits per heavy atom. The number of carbonyl (C=O) groups is 1. The molecule has 0 spiro atoms. The first-order valence-electron chi connectivity index (χ1n) is 7.09. The molecule has 0 saturated carbocycles. The highest BCUT2D eigenvalue weighted by molar-refractivity contribution is 7.89. The molecular formula is C16H15NO6S. The summed E-state index contributed by atoms with van der Waals surface area (Å²) in [5, 5.41) is 9.11. The molecule has 1 aliphatic rings. The van der Waals surface area contributed by atoms with Gasteiger partial charge in [-0.1, -0.05) is 12.1 Å². The normalized spacial score (nSPS) is 13.0. The molecule has 3 rings (SSSR count). The average molecular weight is 349 g/mol. The first-order valence-corrected chi connectivity index (χ1v) is 8.57.